The fourth-order valence-corrected chi connectivity index (χ4v) is 2.04. The molecular weight excluding hydrogens is 216 g/mol. The lowest BCUT2D eigenvalue weighted by Gasteiger charge is -2.31. The maximum Gasteiger partial charge on any atom is 0.252 e. The van der Waals surface area contributed by atoms with Crippen LogP contribution in [0.4, 0.5) is 5.82 Å². The second kappa shape index (κ2) is 5.82. The number of aryl methyl sites for hydroxylation is 1. The highest BCUT2D eigenvalue weighted by atomic mass is 16.1. The largest absolute Gasteiger partial charge is 0.353 e. The average molecular weight is 238 g/mol. The molecule has 1 atom stereocenters. The summed E-state index contributed by atoms with van der Waals surface area (Å²) in [4.78, 5) is 22.8. The Morgan fingerprint density at radius 3 is 2.59 bits per heavy atom. The van der Waals surface area contributed by atoms with E-state index in [2.05, 4.69) is 33.6 Å². The summed E-state index contributed by atoms with van der Waals surface area (Å²) >= 11 is 0. The molecule has 0 radical (unpaired) electrons. The van der Waals surface area contributed by atoms with Crippen molar-refractivity contribution in [2.24, 2.45) is 0 Å². The van der Waals surface area contributed by atoms with E-state index in [-0.39, 0.29) is 5.56 Å². The molecule has 0 aliphatic heterocycles. The quantitative estimate of drug-likeness (QED) is 0.826. The van der Waals surface area contributed by atoms with Crippen LogP contribution in [-0.4, -0.2) is 48.1 Å². The highest BCUT2D eigenvalue weighted by Gasteiger charge is 2.15. The molecule has 1 aromatic rings. The van der Waals surface area contributed by atoms with Crippen molar-refractivity contribution in [3.05, 3.63) is 22.2 Å². The number of nitrogens with zero attached hydrogens (tertiary/aromatic N) is 3. The van der Waals surface area contributed by atoms with Gasteiger partial charge in [-0.15, -0.1) is 0 Å². The lowest BCUT2D eigenvalue weighted by Crippen LogP contribution is -2.41. The Hall–Kier alpha value is -1.36. The molecule has 0 saturated carbocycles. The first-order valence-electron chi connectivity index (χ1n) is 5.93. The maximum atomic E-state index is 11.4. The lowest BCUT2D eigenvalue weighted by atomic mass is 10.2. The van der Waals surface area contributed by atoms with Crippen LogP contribution in [0.25, 0.3) is 0 Å². The molecule has 0 saturated heterocycles. The minimum atomic E-state index is -0.0944. The van der Waals surface area contributed by atoms with Gasteiger partial charge in [0.2, 0.25) is 0 Å². The normalized spacial score (nSPS) is 12.8. The number of hydrogen-bond acceptors (Lipinski definition) is 4. The first-order chi connectivity index (χ1) is 7.93. The van der Waals surface area contributed by atoms with Gasteiger partial charge in [-0.05, 0) is 34.9 Å². The molecule has 1 rings (SSSR count). The minimum absolute atomic E-state index is 0.0944. The molecule has 0 spiro atoms. The van der Waals surface area contributed by atoms with Crippen molar-refractivity contribution in [2.45, 2.75) is 26.8 Å². The van der Waals surface area contributed by atoms with Crippen molar-refractivity contribution in [3.8, 4) is 0 Å². The highest BCUT2D eigenvalue weighted by molar-refractivity contribution is 5.38. The van der Waals surface area contributed by atoms with Crippen molar-refractivity contribution in [3.63, 3.8) is 0 Å². The number of hydrogen-bond donors (Lipinski definition) is 1. The zero-order valence-corrected chi connectivity index (χ0v) is 11.3. The van der Waals surface area contributed by atoms with Crippen LogP contribution in [0.1, 0.15) is 19.7 Å². The number of aromatic nitrogens is 2. The van der Waals surface area contributed by atoms with Gasteiger partial charge in [0.15, 0.2) is 0 Å². The Morgan fingerprint density at radius 1 is 1.47 bits per heavy atom. The first-order valence-corrected chi connectivity index (χ1v) is 5.93. The number of H-pyrrole nitrogens is 1. The van der Waals surface area contributed by atoms with Crippen molar-refractivity contribution in [1.82, 2.24) is 14.9 Å². The number of aromatic amines is 1. The van der Waals surface area contributed by atoms with Gasteiger partial charge in [0.1, 0.15) is 11.6 Å². The van der Waals surface area contributed by atoms with Crippen molar-refractivity contribution < 1.29 is 0 Å². The van der Waals surface area contributed by atoms with Crippen molar-refractivity contribution in [1.29, 1.82) is 0 Å². The maximum absolute atomic E-state index is 11.4. The minimum Gasteiger partial charge on any atom is -0.353 e. The fraction of sp³-hybridized carbons (Fsp3) is 0.667. The molecular formula is C12H22N4O. The lowest BCUT2D eigenvalue weighted by molar-refractivity contribution is 0.372. The predicted octanol–water partition coefficient (Wildman–Crippen LogP) is 0.855. The van der Waals surface area contributed by atoms with E-state index in [9.17, 15) is 4.79 Å². The molecule has 0 aliphatic carbocycles. The van der Waals surface area contributed by atoms with Crippen LogP contribution in [0.2, 0.25) is 0 Å². The van der Waals surface area contributed by atoms with Crippen LogP contribution < -0.4 is 10.5 Å². The smallest absolute Gasteiger partial charge is 0.252 e. The molecule has 5 heteroatoms. The van der Waals surface area contributed by atoms with E-state index in [1.807, 2.05) is 14.1 Å². The van der Waals surface area contributed by atoms with Gasteiger partial charge >= 0.3 is 0 Å². The Kier molecular flexibility index (Phi) is 4.69. The van der Waals surface area contributed by atoms with Gasteiger partial charge in [-0.3, -0.25) is 4.79 Å². The van der Waals surface area contributed by atoms with Gasteiger partial charge in [0.05, 0.1) is 0 Å². The summed E-state index contributed by atoms with van der Waals surface area (Å²) in [7, 11) is 4.08. The Balaban J connectivity index is 2.96. The van der Waals surface area contributed by atoms with Crippen LogP contribution in [0.15, 0.2) is 10.9 Å². The number of nitrogens with one attached hydrogen (secondary N) is 1. The van der Waals surface area contributed by atoms with Gasteiger partial charge in [0, 0.05) is 25.2 Å². The van der Waals surface area contributed by atoms with E-state index in [0.29, 0.717) is 11.9 Å². The van der Waals surface area contributed by atoms with E-state index in [4.69, 9.17) is 0 Å². The zero-order valence-electron chi connectivity index (χ0n) is 11.3. The third kappa shape index (κ3) is 3.85. The summed E-state index contributed by atoms with van der Waals surface area (Å²) in [5, 5.41) is 0. The van der Waals surface area contributed by atoms with Crippen LogP contribution in [0, 0.1) is 6.92 Å². The van der Waals surface area contributed by atoms with Crippen molar-refractivity contribution in [2.75, 3.05) is 32.1 Å². The summed E-state index contributed by atoms with van der Waals surface area (Å²) in [6.07, 6.45) is 0. The van der Waals surface area contributed by atoms with E-state index in [0.717, 1.165) is 18.9 Å². The molecule has 0 bridgehead atoms. The molecule has 1 N–H and O–H groups in total. The van der Waals surface area contributed by atoms with Gasteiger partial charge < -0.3 is 14.8 Å². The molecule has 0 aromatic carbocycles. The van der Waals surface area contributed by atoms with Crippen LogP contribution in [0.3, 0.4) is 0 Å². The molecule has 1 heterocycles. The summed E-state index contributed by atoms with van der Waals surface area (Å²) < 4.78 is 0. The van der Waals surface area contributed by atoms with Crippen LogP contribution in [-0.2, 0) is 0 Å². The van der Waals surface area contributed by atoms with Crippen LogP contribution in [0.5, 0.6) is 0 Å². The molecule has 0 amide bonds. The zero-order chi connectivity index (χ0) is 13.0. The first kappa shape index (κ1) is 13.7. The fourth-order valence-electron chi connectivity index (χ4n) is 2.04. The third-order valence-electron chi connectivity index (χ3n) is 2.64. The Morgan fingerprint density at radius 2 is 2.12 bits per heavy atom. The molecule has 96 valence electrons. The summed E-state index contributed by atoms with van der Waals surface area (Å²) in [6.45, 7) is 7.79. The van der Waals surface area contributed by atoms with E-state index >= 15 is 0 Å². The number of likely N-dealkylation sites (N-methyl/N-ethyl adjacent to an activating group) is 2. The van der Waals surface area contributed by atoms with Crippen molar-refractivity contribution >= 4 is 5.82 Å². The predicted molar refractivity (Wildman–Crippen MR) is 70.6 cm³/mol. The molecule has 17 heavy (non-hydrogen) atoms. The SMILES string of the molecule is CCN(c1cc(=O)[nH]c(C)n1)C(C)CN(C)C. The summed E-state index contributed by atoms with van der Waals surface area (Å²) in [5.41, 5.74) is -0.0944. The van der Waals surface area contributed by atoms with Crippen LogP contribution >= 0.6 is 0 Å². The molecule has 1 aromatic heterocycles. The topological polar surface area (TPSA) is 52.2 Å². The number of anilines is 1. The summed E-state index contributed by atoms with van der Waals surface area (Å²) in [6, 6.07) is 1.88. The second-order valence-corrected chi connectivity index (χ2v) is 4.59. The summed E-state index contributed by atoms with van der Waals surface area (Å²) in [5.74, 6) is 1.41. The standard InChI is InChI=1S/C12H22N4O/c1-6-16(9(2)8-15(4)5)11-7-12(17)14-10(3)13-11/h7,9H,6,8H2,1-5H3,(H,13,14,17). The van der Waals surface area contributed by atoms with Gasteiger partial charge in [-0.25, -0.2) is 4.98 Å². The monoisotopic (exact) mass is 238 g/mol. The Labute approximate surface area is 102 Å². The van der Waals surface area contributed by atoms with Gasteiger partial charge in [-0.1, -0.05) is 0 Å². The molecule has 0 fully saturated rings. The molecule has 1 unspecified atom stereocenters. The van der Waals surface area contributed by atoms with E-state index in [1.54, 1.807) is 13.0 Å². The van der Waals surface area contributed by atoms with Gasteiger partial charge in [-0.2, -0.15) is 0 Å². The van der Waals surface area contributed by atoms with E-state index in [1.165, 1.54) is 0 Å². The molecule has 5 nitrogen and oxygen atoms in total. The van der Waals surface area contributed by atoms with E-state index < -0.39 is 0 Å². The molecule has 0 aliphatic rings. The third-order valence-corrected chi connectivity index (χ3v) is 2.64. The number of rotatable bonds is 5. The second-order valence-electron chi connectivity index (χ2n) is 4.59. The van der Waals surface area contributed by atoms with Gasteiger partial charge in [0.25, 0.3) is 5.56 Å². The highest BCUT2D eigenvalue weighted by Crippen LogP contribution is 2.12. The average Bonchev–Trinajstić information content (AvgIpc) is 2.15. The Bertz CT molecular complexity index is 413.